The van der Waals surface area contributed by atoms with Crippen LogP contribution in [0.3, 0.4) is 0 Å². The summed E-state index contributed by atoms with van der Waals surface area (Å²) < 4.78 is 8.90. The van der Waals surface area contributed by atoms with Crippen LogP contribution in [-0.4, -0.2) is 27.2 Å². The van der Waals surface area contributed by atoms with E-state index in [2.05, 4.69) is 31.4 Å². The number of hydrogen-bond acceptors (Lipinski definition) is 4. The van der Waals surface area contributed by atoms with Gasteiger partial charge in [-0.25, -0.2) is 0 Å². The van der Waals surface area contributed by atoms with E-state index in [1.54, 1.807) is 6.33 Å². The molecule has 1 amide bonds. The molecule has 3 aromatic rings. The second-order valence-corrected chi connectivity index (χ2v) is 6.85. The molecule has 0 aliphatic heterocycles. The molecule has 0 spiro atoms. The van der Waals surface area contributed by atoms with Crippen molar-refractivity contribution in [1.29, 1.82) is 0 Å². The van der Waals surface area contributed by atoms with Gasteiger partial charge in [0.05, 0.1) is 0 Å². The Morgan fingerprint density at radius 2 is 1.93 bits per heavy atom. The summed E-state index contributed by atoms with van der Waals surface area (Å²) in [5.41, 5.74) is 0.801. The molecule has 1 heterocycles. The Morgan fingerprint density at radius 1 is 1.19 bits per heavy atom. The highest BCUT2D eigenvalue weighted by Gasteiger charge is 2.22. The number of nitrogens with zero attached hydrogens (tertiary/aromatic N) is 3. The Labute approximate surface area is 166 Å². The maximum absolute atomic E-state index is 12.8. The quantitative estimate of drug-likeness (QED) is 0.595. The van der Waals surface area contributed by atoms with Crippen LogP contribution in [0.1, 0.15) is 24.4 Å². The SMILES string of the molecule is CCn1cnnc1CCNC(=O)C(Oc1ccc(Br)cc1)c1ccccc1. The summed E-state index contributed by atoms with van der Waals surface area (Å²) in [4.78, 5) is 12.8. The molecule has 0 aliphatic rings. The Balaban J connectivity index is 1.68. The Morgan fingerprint density at radius 3 is 2.63 bits per heavy atom. The lowest BCUT2D eigenvalue weighted by atomic mass is 10.1. The molecule has 1 aromatic heterocycles. The molecule has 140 valence electrons. The Bertz CT molecular complexity index is 865. The number of ether oxygens (including phenoxy) is 1. The Hall–Kier alpha value is -2.67. The molecule has 0 fully saturated rings. The van der Waals surface area contributed by atoms with Crippen LogP contribution in [0.4, 0.5) is 0 Å². The summed E-state index contributed by atoms with van der Waals surface area (Å²) in [5, 5.41) is 10.9. The number of aromatic nitrogens is 3. The van der Waals surface area contributed by atoms with E-state index in [-0.39, 0.29) is 5.91 Å². The first-order valence-electron chi connectivity index (χ1n) is 8.79. The van der Waals surface area contributed by atoms with E-state index < -0.39 is 6.10 Å². The summed E-state index contributed by atoms with van der Waals surface area (Å²) in [5.74, 6) is 1.29. The monoisotopic (exact) mass is 428 g/mol. The molecule has 1 atom stereocenters. The second-order valence-electron chi connectivity index (χ2n) is 5.94. The predicted octanol–water partition coefficient (Wildman–Crippen LogP) is 3.54. The fourth-order valence-electron chi connectivity index (χ4n) is 2.68. The highest BCUT2D eigenvalue weighted by Crippen LogP contribution is 2.24. The van der Waals surface area contributed by atoms with Gasteiger partial charge in [0.15, 0.2) is 0 Å². The molecule has 1 unspecified atom stereocenters. The van der Waals surface area contributed by atoms with Gasteiger partial charge in [-0.15, -0.1) is 10.2 Å². The van der Waals surface area contributed by atoms with Crippen LogP contribution in [0.2, 0.25) is 0 Å². The average molecular weight is 429 g/mol. The van der Waals surface area contributed by atoms with Crippen molar-refractivity contribution < 1.29 is 9.53 Å². The van der Waals surface area contributed by atoms with E-state index in [0.29, 0.717) is 18.7 Å². The van der Waals surface area contributed by atoms with E-state index in [1.807, 2.05) is 66.1 Å². The zero-order valence-corrected chi connectivity index (χ0v) is 16.6. The lowest BCUT2D eigenvalue weighted by Crippen LogP contribution is -2.34. The van der Waals surface area contributed by atoms with Crippen molar-refractivity contribution in [3.8, 4) is 5.75 Å². The molecule has 0 saturated heterocycles. The number of halogens is 1. The zero-order chi connectivity index (χ0) is 19.1. The molecule has 0 aliphatic carbocycles. The van der Waals surface area contributed by atoms with Crippen LogP contribution in [0.15, 0.2) is 65.4 Å². The largest absolute Gasteiger partial charge is 0.476 e. The van der Waals surface area contributed by atoms with E-state index >= 15 is 0 Å². The molecule has 6 nitrogen and oxygen atoms in total. The molecular formula is C20H21BrN4O2. The minimum Gasteiger partial charge on any atom is -0.476 e. The van der Waals surface area contributed by atoms with Gasteiger partial charge in [0.1, 0.15) is 17.9 Å². The highest BCUT2D eigenvalue weighted by atomic mass is 79.9. The van der Waals surface area contributed by atoms with Gasteiger partial charge in [-0.05, 0) is 31.2 Å². The molecule has 0 bridgehead atoms. The lowest BCUT2D eigenvalue weighted by Gasteiger charge is -2.19. The van der Waals surface area contributed by atoms with Crippen LogP contribution < -0.4 is 10.1 Å². The third kappa shape index (κ3) is 5.17. The van der Waals surface area contributed by atoms with Gasteiger partial charge in [-0.1, -0.05) is 46.3 Å². The molecule has 0 radical (unpaired) electrons. The van der Waals surface area contributed by atoms with Gasteiger partial charge < -0.3 is 14.6 Å². The normalized spacial score (nSPS) is 11.8. The summed E-state index contributed by atoms with van der Waals surface area (Å²) in [7, 11) is 0. The average Bonchev–Trinajstić information content (AvgIpc) is 3.15. The van der Waals surface area contributed by atoms with Crippen molar-refractivity contribution in [2.24, 2.45) is 0 Å². The fourth-order valence-corrected chi connectivity index (χ4v) is 2.94. The van der Waals surface area contributed by atoms with Crippen molar-refractivity contribution in [3.05, 3.63) is 76.8 Å². The number of benzene rings is 2. The van der Waals surface area contributed by atoms with Gasteiger partial charge in [-0.3, -0.25) is 4.79 Å². The predicted molar refractivity (Wildman–Crippen MR) is 106 cm³/mol. The molecule has 3 rings (SSSR count). The van der Waals surface area contributed by atoms with Gasteiger partial charge in [0, 0.05) is 29.5 Å². The maximum atomic E-state index is 12.8. The minimum absolute atomic E-state index is 0.188. The highest BCUT2D eigenvalue weighted by molar-refractivity contribution is 9.10. The summed E-state index contributed by atoms with van der Waals surface area (Å²) >= 11 is 3.40. The number of nitrogens with one attached hydrogen (secondary N) is 1. The summed E-state index contributed by atoms with van der Waals surface area (Å²) in [6, 6.07) is 16.9. The number of aryl methyl sites for hydroxylation is 1. The van der Waals surface area contributed by atoms with Gasteiger partial charge in [-0.2, -0.15) is 0 Å². The topological polar surface area (TPSA) is 69.0 Å². The van der Waals surface area contributed by atoms with Crippen LogP contribution in [0.25, 0.3) is 0 Å². The Kier molecular flexibility index (Phi) is 6.59. The minimum atomic E-state index is -0.726. The first-order valence-corrected chi connectivity index (χ1v) is 9.58. The van der Waals surface area contributed by atoms with Crippen LogP contribution in [0.5, 0.6) is 5.75 Å². The smallest absolute Gasteiger partial charge is 0.265 e. The fraction of sp³-hybridized carbons (Fsp3) is 0.250. The first-order chi connectivity index (χ1) is 13.2. The van der Waals surface area contributed by atoms with Gasteiger partial charge in [0.2, 0.25) is 6.10 Å². The van der Waals surface area contributed by atoms with Gasteiger partial charge in [0.25, 0.3) is 5.91 Å². The van der Waals surface area contributed by atoms with E-state index in [4.69, 9.17) is 4.74 Å². The van der Waals surface area contributed by atoms with Gasteiger partial charge >= 0.3 is 0 Å². The molecule has 27 heavy (non-hydrogen) atoms. The van der Waals surface area contributed by atoms with E-state index in [0.717, 1.165) is 22.4 Å². The number of rotatable bonds is 8. The lowest BCUT2D eigenvalue weighted by molar-refractivity contribution is -0.128. The standard InChI is InChI=1S/C20H21BrN4O2/c1-2-25-14-23-24-18(25)12-13-22-20(26)19(15-6-4-3-5-7-15)27-17-10-8-16(21)9-11-17/h3-11,14,19H,2,12-13H2,1H3,(H,22,26). The van der Waals surface area contributed by atoms with Crippen LogP contribution in [0, 0.1) is 0 Å². The molecular weight excluding hydrogens is 408 g/mol. The molecule has 2 aromatic carbocycles. The third-order valence-electron chi connectivity index (χ3n) is 4.09. The number of amides is 1. The van der Waals surface area contributed by atoms with Crippen molar-refractivity contribution >= 4 is 21.8 Å². The second kappa shape index (κ2) is 9.32. The molecule has 7 heteroatoms. The van der Waals surface area contributed by atoms with Crippen molar-refractivity contribution in [2.45, 2.75) is 26.0 Å². The van der Waals surface area contributed by atoms with E-state index in [1.165, 1.54) is 0 Å². The van der Waals surface area contributed by atoms with Crippen molar-refractivity contribution in [3.63, 3.8) is 0 Å². The third-order valence-corrected chi connectivity index (χ3v) is 4.62. The zero-order valence-electron chi connectivity index (χ0n) is 15.0. The van der Waals surface area contributed by atoms with Crippen LogP contribution in [-0.2, 0) is 17.8 Å². The maximum Gasteiger partial charge on any atom is 0.265 e. The molecule has 0 saturated carbocycles. The van der Waals surface area contributed by atoms with Crippen molar-refractivity contribution in [1.82, 2.24) is 20.1 Å². The van der Waals surface area contributed by atoms with E-state index in [9.17, 15) is 4.79 Å². The first kappa shape index (κ1) is 19.1. The molecule has 1 N–H and O–H groups in total. The van der Waals surface area contributed by atoms with Crippen molar-refractivity contribution in [2.75, 3.05) is 6.54 Å². The summed E-state index contributed by atoms with van der Waals surface area (Å²) in [6.45, 7) is 3.29. The number of hydrogen-bond donors (Lipinski definition) is 1. The number of carbonyl (C=O) groups excluding carboxylic acids is 1. The summed E-state index contributed by atoms with van der Waals surface area (Å²) in [6.07, 6.45) is 1.58. The van der Waals surface area contributed by atoms with Crippen LogP contribution >= 0.6 is 15.9 Å². The number of carbonyl (C=O) groups is 1.